The van der Waals surface area contributed by atoms with Gasteiger partial charge in [0.1, 0.15) is 6.10 Å². The second kappa shape index (κ2) is 10.2. The van der Waals surface area contributed by atoms with Gasteiger partial charge in [0.2, 0.25) is 0 Å². The van der Waals surface area contributed by atoms with Crippen molar-refractivity contribution in [3.8, 4) is 0 Å². The van der Waals surface area contributed by atoms with Gasteiger partial charge < -0.3 is 4.74 Å². The zero-order valence-corrected chi connectivity index (χ0v) is 10.6. The molecular formula is C13H26O2. The molecule has 0 bridgehead atoms. The highest BCUT2D eigenvalue weighted by Crippen LogP contribution is 2.11. The molecule has 2 heteroatoms. The van der Waals surface area contributed by atoms with E-state index in [4.69, 9.17) is 4.74 Å². The van der Waals surface area contributed by atoms with Gasteiger partial charge in [-0.3, -0.25) is 4.79 Å². The maximum absolute atomic E-state index is 11.1. The Kier molecular flexibility index (Phi) is 9.91. The lowest BCUT2D eigenvalue weighted by Crippen LogP contribution is -2.19. The molecule has 0 aliphatic heterocycles. The fourth-order valence-electron chi connectivity index (χ4n) is 1.77. The second-order valence-corrected chi connectivity index (χ2v) is 4.24. The van der Waals surface area contributed by atoms with Crippen LogP contribution < -0.4 is 0 Å². The molecule has 0 aliphatic rings. The summed E-state index contributed by atoms with van der Waals surface area (Å²) in [6, 6.07) is 0. The number of carbonyl (C=O) groups is 1. The van der Waals surface area contributed by atoms with Gasteiger partial charge in [-0.25, -0.2) is 0 Å². The number of unbranched alkanes of at least 4 members (excludes halogenated alkanes) is 6. The van der Waals surface area contributed by atoms with Crippen LogP contribution in [0, 0.1) is 0 Å². The van der Waals surface area contributed by atoms with Crippen molar-refractivity contribution < 1.29 is 9.53 Å². The standard InChI is InChI=1S/C13H26O2/c1-4-5-6-7-8-9-10-11-13(15-3)12(2)14/h13H,4-11H2,1-3H3. The smallest absolute Gasteiger partial charge is 0.158 e. The van der Waals surface area contributed by atoms with Crippen molar-refractivity contribution in [1.82, 2.24) is 0 Å². The highest BCUT2D eigenvalue weighted by molar-refractivity contribution is 5.80. The molecule has 2 nitrogen and oxygen atoms in total. The van der Waals surface area contributed by atoms with Crippen molar-refractivity contribution >= 4 is 5.78 Å². The molecular weight excluding hydrogens is 188 g/mol. The van der Waals surface area contributed by atoms with Crippen LogP contribution in [0.15, 0.2) is 0 Å². The van der Waals surface area contributed by atoms with E-state index in [2.05, 4.69) is 6.92 Å². The largest absolute Gasteiger partial charge is 0.374 e. The average molecular weight is 214 g/mol. The fraction of sp³-hybridized carbons (Fsp3) is 0.923. The Balaban J connectivity index is 3.25. The SMILES string of the molecule is CCCCCCCCCC(OC)C(C)=O. The number of carbonyl (C=O) groups excluding carboxylic acids is 1. The van der Waals surface area contributed by atoms with Crippen LogP contribution in [0.2, 0.25) is 0 Å². The van der Waals surface area contributed by atoms with E-state index in [0.717, 1.165) is 12.8 Å². The van der Waals surface area contributed by atoms with E-state index in [1.54, 1.807) is 14.0 Å². The topological polar surface area (TPSA) is 26.3 Å². The van der Waals surface area contributed by atoms with Crippen LogP contribution in [0.5, 0.6) is 0 Å². The summed E-state index contributed by atoms with van der Waals surface area (Å²) in [5.41, 5.74) is 0. The Hall–Kier alpha value is -0.370. The number of hydrogen-bond acceptors (Lipinski definition) is 2. The molecule has 0 heterocycles. The molecule has 0 aromatic rings. The molecule has 0 spiro atoms. The molecule has 0 amide bonds. The third-order valence-corrected chi connectivity index (χ3v) is 2.81. The molecule has 0 fully saturated rings. The van der Waals surface area contributed by atoms with E-state index in [1.165, 1.54) is 38.5 Å². The van der Waals surface area contributed by atoms with E-state index < -0.39 is 0 Å². The summed E-state index contributed by atoms with van der Waals surface area (Å²) in [4.78, 5) is 11.1. The monoisotopic (exact) mass is 214 g/mol. The first-order chi connectivity index (χ1) is 7.22. The second-order valence-electron chi connectivity index (χ2n) is 4.24. The van der Waals surface area contributed by atoms with Crippen LogP contribution in [-0.2, 0) is 9.53 Å². The zero-order chi connectivity index (χ0) is 11.5. The summed E-state index contributed by atoms with van der Waals surface area (Å²) >= 11 is 0. The summed E-state index contributed by atoms with van der Waals surface area (Å²) in [6.45, 7) is 3.84. The van der Waals surface area contributed by atoms with E-state index in [-0.39, 0.29) is 11.9 Å². The van der Waals surface area contributed by atoms with Crippen LogP contribution in [0.3, 0.4) is 0 Å². The highest BCUT2D eigenvalue weighted by Gasteiger charge is 2.11. The normalized spacial score (nSPS) is 12.7. The van der Waals surface area contributed by atoms with Gasteiger partial charge in [-0.15, -0.1) is 0 Å². The Bertz CT molecular complexity index is 155. The molecule has 0 saturated carbocycles. The van der Waals surface area contributed by atoms with E-state index in [1.807, 2.05) is 0 Å². The van der Waals surface area contributed by atoms with Crippen molar-refractivity contribution in [2.24, 2.45) is 0 Å². The first-order valence-electron chi connectivity index (χ1n) is 6.25. The van der Waals surface area contributed by atoms with Crippen LogP contribution in [0.1, 0.15) is 65.2 Å². The predicted molar refractivity (Wildman–Crippen MR) is 64.1 cm³/mol. The average Bonchev–Trinajstić information content (AvgIpc) is 2.21. The van der Waals surface area contributed by atoms with Gasteiger partial charge in [-0.1, -0.05) is 51.9 Å². The van der Waals surface area contributed by atoms with E-state index in [0.29, 0.717) is 0 Å². The molecule has 0 N–H and O–H groups in total. The molecule has 0 aliphatic carbocycles. The maximum Gasteiger partial charge on any atom is 0.158 e. The summed E-state index contributed by atoms with van der Waals surface area (Å²) in [5.74, 6) is 0.156. The Morgan fingerprint density at radius 1 is 1.07 bits per heavy atom. The summed E-state index contributed by atoms with van der Waals surface area (Å²) < 4.78 is 5.11. The first kappa shape index (κ1) is 14.6. The van der Waals surface area contributed by atoms with Gasteiger partial charge in [-0.05, 0) is 13.3 Å². The molecule has 15 heavy (non-hydrogen) atoms. The lowest BCUT2D eigenvalue weighted by atomic mass is 10.0. The van der Waals surface area contributed by atoms with Gasteiger partial charge >= 0.3 is 0 Å². The molecule has 90 valence electrons. The third kappa shape index (κ3) is 8.61. The van der Waals surface area contributed by atoms with Crippen molar-refractivity contribution in [3.05, 3.63) is 0 Å². The van der Waals surface area contributed by atoms with Crippen LogP contribution in [-0.4, -0.2) is 19.0 Å². The molecule has 0 aromatic carbocycles. The summed E-state index contributed by atoms with van der Waals surface area (Å²) in [7, 11) is 1.62. The minimum atomic E-state index is -0.166. The predicted octanol–water partition coefficient (Wildman–Crippen LogP) is 3.73. The van der Waals surface area contributed by atoms with Crippen LogP contribution >= 0.6 is 0 Å². The Morgan fingerprint density at radius 3 is 2.07 bits per heavy atom. The molecule has 0 radical (unpaired) electrons. The van der Waals surface area contributed by atoms with Crippen LogP contribution in [0.4, 0.5) is 0 Å². The Morgan fingerprint density at radius 2 is 1.60 bits per heavy atom. The fourth-order valence-corrected chi connectivity index (χ4v) is 1.77. The van der Waals surface area contributed by atoms with Gasteiger partial charge in [0.15, 0.2) is 5.78 Å². The quantitative estimate of drug-likeness (QED) is 0.518. The molecule has 0 aromatic heterocycles. The van der Waals surface area contributed by atoms with E-state index in [9.17, 15) is 4.79 Å². The number of ketones is 1. The number of ether oxygens (including phenoxy) is 1. The van der Waals surface area contributed by atoms with Crippen molar-refractivity contribution in [1.29, 1.82) is 0 Å². The Labute approximate surface area is 94.4 Å². The minimum absolute atomic E-state index is 0.156. The third-order valence-electron chi connectivity index (χ3n) is 2.81. The maximum atomic E-state index is 11.1. The number of Topliss-reactive ketones (excluding diaryl/α,β-unsaturated/α-hetero) is 1. The minimum Gasteiger partial charge on any atom is -0.374 e. The lowest BCUT2D eigenvalue weighted by molar-refractivity contribution is -0.127. The van der Waals surface area contributed by atoms with E-state index >= 15 is 0 Å². The molecule has 0 saturated heterocycles. The van der Waals surface area contributed by atoms with Crippen LogP contribution in [0.25, 0.3) is 0 Å². The first-order valence-corrected chi connectivity index (χ1v) is 6.25. The zero-order valence-electron chi connectivity index (χ0n) is 10.6. The number of methoxy groups -OCH3 is 1. The van der Waals surface area contributed by atoms with Gasteiger partial charge in [0.25, 0.3) is 0 Å². The van der Waals surface area contributed by atoms with Gasteiger partial charge in [-0.2, -0.15) is 0 Å². The highest BCUT2D eigenvalue weighted by atomic mass is 16.5. The molecule has 0 rings (SSSR count). The summed E-state index contributed by atoms with van der Waals surface area (Å²) in [6.07, 6.45) is 9.72. The van der Waals surface area contributed by atoms with Crippen molar-refractivity contribution in [2.75, 3.05) is 7.11 Å². The van der Waals surface area contributed by atoms with Gasteiger partial charge in [0.05, 0.1) is 0 Å². The number of hydrogen-bond donors (Lipinski definition) is 0. The lowest BCUT2D eigenvalue weighted by Gasteiger charge is -2.10. The van der Waals surface area contributed by atoms with Crippen molar-refractivity contribution in [3.63, 3.8) is 0 Å². The molecule has 1 atom stereocenters. The van der Waals surface area contributed by atoms with Crippen molar-refractivity contribution in [2.45, 2.75) is 71.3 Å². The van der Waals surface area contributed by atoms with Gasteiger partial charge in [0, 0.05) is 7.11 Å². The molecule has 1 unspecified atom stereocenters. The number of rotatable bonds is 10. The summed E-state index contributed by atoms with van der Waals surface area (Å²) in [5, 5.41) is 0.